The van der Waals surface area contributed by atoms with Gasteiger partial charge in [-0.05, 0) is 241 Å². The number of benzene rings is 9. The van der Waals surface area contributed by atoms with Gasteiger partial charge in [-0.3, -0.25) is 0 Å². The summed E-state index contributed by atoms with van der Waals surface area (Å²) in [5.41, 5.74) is -7.46. The molecule has 11 aromatic rings. The molecular formula is C89H94BN3OS. The van der Waals surface area contributed by atoms with Gasteiger partial charge in [0.05, 0.1) is 42.7 Å². The second-order valence-electron chi connectivity index (χ2n) is 31.3. The van der Waals surface area contributed by atoms with Crippen molar-refractivity contribution in [2.45, 2.75) is 201 Å². The zero-order chi connectivity index (χ0) is 90.0. The van der Waals surface area contributed by atoms with Crippen LogP contribution in [0.1, 0.15) is 250 Å². The molecule has 2 aromatic heterocycles. The summed E-state index contributed by atoms with van der Waals surface area (Å²) in [6.07, 6.45) is 2.24. The maximum absolute atomic E-state index is 11.9. The minimum absolute atomic E-state index is 0.00232. The van der Waals surface area contributed by atoms with E-state index in [-0.39, 0.29) is 125 Å². The fraction of sp³-hybridized carbons (Fsp3) is 0.348. The molecule has 480 valence electrons. The first-order valence-corrected chi connectivity index (χ1v) is 34.2. The van der Waals surface area contributed by atoms with Crippen LogP contribution in [0.3, 0.4) is 0 Å². The van der Waals surface area contributed by atoms with Crippen molar-refractivity contribution in [2.75, 3.05) is 14.7 Å². The number of furan rings is 1. The van der Waals surface area contributed by atoms with Gasteiger partial charge in [0.25, 0.3) is 6.71 Å². The second kappa shape index (κ2) is 21.2. The van der Waals surface area contributed by atoms with Crippen LogP contribution >= 0.6 is 11.3 Å². The highest BCUT2D eigenvalue weighted by Crippen LogP contribution is 2.60. The highest BCUT2D eigenvalue weighted by Gasteiger charge is 2.54. The van der Waals surface area contributed by atoms with E-state index >= 15 is 0 Å². The Hall–Kier alpha value is -8.06. The van der Waals surface area contributed by atoms with Gasteiger partial charge in [-0.15, -0.1) is 11.3 Å². The first-order valence-electron chi connectivity index (χ1n) is 46.8. The van der Waals surface area contributed by atoms with Crippen LogP contribution in [0.2, 0.25) is 0 Å². The van der Waals surface area contributed by atoms with Gasteiger partial charge in [-0.25, -0.2) is 0 Å². The summed E-state index contributed by atoms with van der Waals surface area (Å²) in [6, 6.07) is -12.0. The average molecular weight is 1290 g/mol. The van der Waals surface area contributed by atoms with Crippen molar-refractivity contribution in [1.29, 1.82) is 0 Å². The van der Waals surface area contributed by atoms with E-state index in [0.717, 1.165) is 11.3 Å². The Morgan fingerprint density at radius 1 is 0.432 bits per heavy atom. The molecule has 0 saturated heterocycles. The summed E-state index contributed by atoms with van der Waals surface area (Å²) in [6.45, 7) is 32.8. The fourth-order valence-electron chi connectivity index (χ4n) is 15.3. The molecule has 5 aliphatic rings. The molecule has 0 fully saturated rings. The van der Waals surface area contributed by atoms with Gasteiger partial charge in [0.2, 0.25) is 0 Å². The Morgan fingerprint density at radius 2 is 0.937 bits per heavy atom. The molecule has 3 aliphatic heterocycles. The van der Waals surface area contributed by atoms with Crippen molar-refractivity contribution in [3.63, 3.8) is 0 Å². The molecule has 0 spiro atoms. The molecule has 16 rings (SSSR count). The molecule has 0 saturated carbocycles. The summed E-state index contributed by atoms with van der Waals surface area (Å²) < 4.78 is 279. The molecule has 0 N–H and O–H groups in total. The van der Waals surface area contributed by atoms with E-state index in [1.54, 1.807) is 32.6 Å². The van der Waals surface area contributed by atoms with Gasteiger partial charge in [-0.2, -0.15) is 0 Å². The molecule has 0 radical (unpaired) electrons. The number of hydrogen-bond acceptors (Lipinski definition) is 5. The lowest BCUT2D eigenvalue weighted by atomic mass is 9.36. The van der Waals surface area contributed by atoms with E-state index in [9.17, 15) is 28.8 Å². The molecule has 4 nitrogen and oxygen atoms in total. The van der Waals surface area contributed by atoms with E-state index in [2.05, 4.69) is 0 Å². The Balaban J connectivity index is 1.19. The summed E-state index contributed by atoms with van der Waals surface area (Å²) >= 11 is 1.06. The third kappa shape index (κ3) is 9.32. The Bertz CT molecular complexity index is 6550. The standard InChI is InChI=1S/C89H94BN3OS/c1-52(2)59-42-63(53(3)4)81(64(43-59)54(5)6)80-51-77-83(95-80)90-72-50-79-66(65-41-57(30-36-78(65)94-79)55-25-21-19-22-26-55)49-74(72)91(60-31-33-67-69(45-60)86(11,12)39-37-84(67,7)8)75-47-62(93-73-35-29-58(56-27-23-20-24-28-56)44-71(73)88(15,16)89(93,17)18)48-76(82(75)90)92(77)61-32-34-68-70(46-61)87(13,14)40-38-85(68,9)10/h19-36,41-54H,37-40H2,1-18H3/i19D,20D,21D,22D,23D,24D,25D,26D,27D,28D,29D,30D,33D,34D,35D,36D,41D,42D,43D,44D,45D,46D,47D,48D,49D,50D,51D. The molecule has 0 amide bonds. The van der Waals surface area contributed by atoms with Gasteiger partial charge in [0.1, 0.15) is 11.2 Å². The van der Waals surface area contributed by atoms with Crippen LogP contribution in [-0.4, -0.2) is 12.3 Å². The lowest BCUT2D eigenvalue weighted by Crippen LogP contribution is -2.60. The predicted molar refractivity (Wildman–Crippen MR) is 410 cm³/mol. The second-order valence-corrected chi connectivity index (χ2v) is 32.4. The number of hydrogen-bond donors (Lipinski definition) is 0. The van der Waals surface area contributed by atoms with E-state index < -0.39 is 211 Å². The van der Waals surface area contributed by atoms with Crippen molar-refractivity contribution in [3.05, 3.63) is 220 Å². The van der Waals surface area contributed by atoms with Crippen LogP contribution in [-0.2, 0) is 27.1 Å². The highest BCUT2D eigenvalue weighted by atomic mass is 32.1. The monoisotopic (exact) mass is 1290 g/mol. The molecule has 0 bridgehead atoms. The normalized spacial score (nSPS) is 22.1. The van der Waals surface area contributed by atoms with Crippen molar-refractivity contribution >= 4 is 101 Å². The minimum atomic E-state index is -1.63. The van der Waals surface area contributed by atoms with Crippen LogP contribution in [0.15, 0.2) is 180 Å². The van der Waals surface area contributed by atoms with Crippen LogP contribution in [0.5, 0.6) is 0 Å². The SMILES string of the molecule is [2H]c1cc(N2c3c(sc(-c4c(C(C)C)c([2H])c(C(C)C)c([2H])c4C(C)C)c3[2H])B3c4c2c([2H])c(N2c5c([2H])c([2H])c(-c6c([2H])c([2H])c([2H])c([2H])c6[2H])c([2H])c5C(C)(C)C2(C)C)c([2H])c4N(c2cc([2H])c4c(c2[2H])C(C)(C)CCC4(C)C)c2c3c([2H])c3oc4c([2H])c([2H])c(-c5c([2H])c([2H])c([2H])c([2H])c5[2H])c([2H])c4c3c2[2H])c([2H])c2c1C(C)(C)CCC2(C)C. The zero-order valence-corrected chi connectivity index (χ0v) is 58.3. The smallest absolute Gasteiger partial charge is 0.264 e. The van der Waals surface area contributed by atoms with Gasteiger partial charge in [0.15, 0.2) is 0 Å². The van der Waals surface area contributed by atoms with Crippen LogP contribution in [0, 0.1) is 0 Å². The number of rotatable bonds is 9. The number of nitrogens with zero attached hydrogens (tertiary/aromatic N) is 3. The maximum atomic E-state index is 11.9. The Morgan fingerprint density at radius 3 is 1.47 bits per heavy atom. The van der Waals surface area contributed by atoms with Gasteiger partial charge < -0.3 is 19.1 Å². The molecule has 0 atom stereocenters. The third-order valence-electron chi connectivity index (χ3n) is 21.7. The molecule has 95 heavy (non-hydrogen) atoms. The predicted octanol–water partition coefficient (Wildman–Crippen LogP) is 24.0. The molecule has 0 unspecified atom stereocenters. The van der Waals surface area contributed by atoms with E-state index in [1.165, 1.54) is 21.9 Å². The largest absolute Gasteiger partial charge is 0.456 e. The summed E-state index contributed by atoms with van der Waals surface area (Å²) in [7, 11) is 0. The average Bonchev–Trinajstić information content (AvgIpc) is 1.45. The van der Waals surface area contributed by atoms with Crippen LogP contribution in [0.25, 0.3) is 54.6 Å². The number of anilines is 8. The molecule has 2 aliphatic carbocycles. The molecular weight excluding hydrogens is 1170 g/mol. The van der Waals surface area contributed by atoms with Gasteiger partial charge in [0, 0.05) is 71.2 Å². The quantitative estimate of drug-likeness (QED) is 0.134. The minimum Gasteiger partial charge on any atom is -0.456 e. The lowest BCUT2D eigenvalue weighted by Gasteiger charge is -2.47. The van der Waals surface area contributed by atoms with E-state index in [4.69, 9.17) is 12.6 Å². The van der Waals surface area contributed by atoms with Crippen molar-refractivity contribution in [2.24, 2.45) is 0 Å². The lowest BCUT2D eigenvalue weighted by molar-refractivity contribution is 0.330. The number of fused-ring (bicyclic) bond motifs is 10. The van der Waals surface area contributed by atoms with Crippen LogP contribution in [0.4, 0.5) is 45.5 Å². The third-order valence-corrected chi connectivity index (χ3v) is 22.9. The first kappa shape index (κ1) is 38.6. The van der Waals surface area contributed by atoms with Crippen LogP contribution < -0.4 is 30.4 Å². The van der Waals surface area contributed by atoms with Crippen molar-refractivity contribution in [1.82, 2.24) is 0 Å². The summed E-state index contributed by atoms with van der Waals surface area (Å²) in [5, 5.41) is -0.793. The van der Waals surface area contributed by atoms with Crippen molar-refractivity contribution < 1.29 is 41.4 Å². The fourth-order valence-corrected chi connectivity index (χ4v) is 16.6. The zero-order valence-electron chi connectivity index (χ0n) is 84.5. The topological polar surface area (TPSA) is 22.9 Å². The summed E-state index contributed by atoms with van der Waals surface area (Å²) in [4.78, 5) is 4.71. The first-order chi connectivity index (χ1) is 56.4. The highest BCUT2D eigenvalue weighted by molar-refractivity contribution is 7.31. The van der Waals surface area contributed by atoms with E-state index in [1.807, 2.05) is 96.9 Å². The van der Waals surface area contributed by atoms with Crippen molar-refractivity contribution in [3.8, 4) is 32.7 Å². The Kier molecular flexibility index (Phi) is 8.63. The molecule has 6 heteroatoms. The van der Waals surface area contributed by atoms with E-state index in [0.29, 0.717) is 70.2 Å². The maximum Gasteiger partial charge on any atom is 0.264 e. The number of thiophene rings is 1. The Labute approximate surface area is 608 Å². The van der Waals surface area contributed by atoms with Gasteiger partial charge >= 0.3 is 0 Å². The molecule has 9 aromatic carbocycles. The van der Waals surface area contributed by atoms with Gasteiger partial charge in [-0.1, -0.05) is 207 Å². The molecule has 5 heterocycles. The summed E-state index contributed by atoms with van der Waals surface area (Å²) in [5.74, 6) is -1.26.